The molecule has 0 atom stereocenters. The summed E-state index contributed by atoms with van der Waals surface area (Å²) < 4.78 is 7.45. The molecule has 170 valence electrons. The van der Waals surface area contributed by atoms with Crippen LogP contribution in [-0.2, 0) is 23.5 Å². The molecule has 0 bridgehead atoms. The van der Waals surface area contributed by atoms with Crippen LogP contribution in [0.2, 0.25) is 0 Å². The van der Waals surface area contributed by atoms with Crippen LogP contribution in [0, 0.1) is 6.92 Å². The number of furan rings is 1. The van der Waals surface area contributed by atoms with E-state index in [-0.39, 0.29) is 5.91 Å². The van der Waals surface area contributed by atoms with Crippen LogP contribution >= 0.6 is 23.1 Å². The summed E-state index contributed by atoms with van der Waals surface area (Å²) in [5.74, 6) is 2.10. The number of allylic oxidation sites excluding steroid dienone is 1. The molecule has 0 unspecified atom stereocenters. The van der Waals surface area contributed by atoms with Crippen molar-refractivity contribution in [3.8, 4) is 11.4 Å². The van der Waals surface area contributed by atoms with E-state index in [0.717, 1.165) is 45.7 Å². The van der Waals surface area contributed by atoms with Crippen molar-refractivity contribution in [2.24, 2.45) is 0 Å². The van der Waals surface area contributed by atoms with Gasteiger partial charge in [0.25, 0.3) is 0 Å². The lowest BCUT2D eigenvalue weighted by Crippen LogP contribution is -2.23. The van der Waals surface area contributed by atoms with E-state index in [0.29, 0.717) is 17.4 Å². The quantitative estimate of drug-likeness (QED) is 0.215. The number of carbonyl (C=O) groups is 1. The van der Waals surface area contributed by atoms with Crippen LogP contribution in [-0.4, -0.2) is 25.7 Å². The summed E-state index contributed by atoms with van der Waals surface area (Å²) in [4.78, 5) is 19.0. The molecule has 3 aromatic heterocycles. The minimum Gasteiger partial charge on any atom is -0.469 e. The molecule has 0 radical (unpaired) electrons. The van der Waals surface area contributed by atoms with Gasteiger partial charge in [-0.25, -0.2) is 4.98 Å². The first-order valence-corrected chi connectivity index (χ1v) is 12.4. The molecule has 33 heavy (non-hydrogen) atoms. The maximum Gasteiger partial charge on any atom is 0.230 e. The summed E-state index contributed by atoms with van der Waals surface area (Å²) in [6.07, 6.45) is 4.31. The largest absolute Gasteiger partial charge is 0.469 e. The van der Waals surface area contributed by atoms with E-state index < -0.39 is 0 Å². The summed E-state index contributed by atoms with van der Waals surface area (Å²) in [6, 6.07) is 9.84. The number of rotatable bonds is 9. The van der Waals surface area contributed by atoms with E-state index >= 15 is 0 Å². The standard InChI is InChI=1S/C24H25N5O2S2/c1-5-12-28-22(20-11-13-31-16(20)3)26-27-24(28)33-15-19-14-32-23(25-19)29(17(4)30)21-10-8-7-9-18(21)6-2/h5,7-11,13-14H,1,6,12,15H2,2-4H3. The van der Waals surface area contributed by atoms with Gasteiger partial charge in [-0.2, -0.15) is 0 Å². The molecule has 1 amide bonds. The van der Waals surface area contributed by atoms with E-state index in [4.69, 9.17) is 9.40 Å². The smallest absolute Gasteiger partial charge is 0.230 e. The Balaban J connectivity index is 1.56. The summed E-state index contributed by atoms with van der Waals surface area (Å²) in [5, 5.41) is 12.2. The molecule has 0 aliphatic heterocycles. The average Bonchev–Trinajstić information content (AvgIpc) is 3.53. The van der Waals surface area contributed by atoms with Crippen molar-refractivity contribution >= 4 is 39.8 Å². The van der Waals surface area contributed by atoms with Gasteiger partial charge in [0.1, 0.15) is 5.76 Å². The van der Waals surface area contributed by atoms with Gasteiger partial charge in [0.15, 0.2) is 16.1 Å². The third-order valence-corrected chi connectivity index (χ3v) is 7.01. The van der Waals surface area contributed by atoms with Crippen molar-refractivity contribution in [1.29, 1.82) is 0 Å². The van der Waals surface area contributed by atoms with Crippen LogP contribution in [0.25, 0.3) is 11.4 Å². The Morgan fingerprint density at radius 1 is 1.30 bits per heavy atom. The average molecular weight is 480 g/mol. The number of carbonyl (C=O) groups excluding carboxylic acids is 1. The number of anilines is 2. The summed E-state index contributed by atoms with van der Waals surface area (Å²) >= 11 is 3.02. The number of aryl methyl sites for hydroxylation is 2. The van der Waals surface area contributed by atoms with Gasteiger partial charge in [0.2, 0.25) is 5.91 Å². The molecule has 0 aliphatic rings. The second kappa shape index (κ2) is 10.2. The van der Waals surface area contributed by atoms with Crippen molar-refractivity contribution in [2.45, 2.75) is 44.6 Å². The van der Waals surface area contributed by atoms with Gasteiger partial charge in [-0.15, -0.1) is 28.1 Å². The highest BCUT2D eigenvalue weighted by Gasteiger charge is 2.21. The van der Waals surface area contributed by atoms with Crippen molar-refractivity contribution in [3.05, 3.63) is 71.6 Å². The molecule has 9 heteroatoms. The Morgan fingerprint density at radius 2 is 2.12 bits per heavy atom. The molecule has 7 nitrogen and oxygen atoms in total. The minimum absolute atomic E-state index is 0.0599. The van der Waals surface area contributed by atoms with Gasteiger partial charge in [0, 0.05) is 24.6 Å². The van der Waals surface area contributed by atoms with E-state index in [1.54, 1.807) is 29.8 Å². The van der Waals surface area contributed by atoms with E-state index in [1.165, 1.54) is 11.3 Å². The second-order valence-corrected chi connectivity index (χ2v) is 9.12. The first-order chi connectivity index (χ1) is 16.0. The van der Waals surface area contributed by atoms with Crippen LogP contribution in [0.4, 0.5) is 10.8 Å². The second-order valence-electron chi connectivity index (χ2n) is 7.34. The van der Waals surface area contributed by atoms with Gasteiger partial charge in [-0.05, 0) is 31.0 Å². The van der Waals surface area contributed by atoms with Crippen molar-refractivity contribution < 1.29 is 9.21 Å². The lowest BCUT2D eigenvalue weighted by molar-refractivity contribution is -0.115. The van der Waals surface area contributed by atoms with Crippen molar-refractivity contribution in [3.63, 3.8) is 0 Å². The Morgan fingerprint density at radius 3 is 2.82 bits per heavy atom. The molecule has 0 saturated carbocycles. The molecule has 0 saturated heterocycles. The third-order valence-electron chi connectivity index (χ3n) is 5.14. The van der Waals surface area contributed by atoms with E-state index in [1.807, 2.05) is 53.3 Å². The van der Waals surface area contributed by atoms with Crippen LogP contribution in [0.15, 0.2) is 64.2 Å². The number of para-hydroxylation sites is 1. The first-order valence-electron chi connectivity index (χ1n) is 10.6. The normalized spacial score (nSPS) is 11.0. The highest BCUT2D eigenvalue weighted by Crippen LogP contribution is 2.34. The van der Waals surface area contributed by atoms with Crippen LogP contribution in [0.5, 0.6) is 0 Å². The van der Waals surface area contributed by atoms with E-state index in [9.17, 15) is 4.79 Å². The Bertz CT molecular complexity index is 1270. The highest BCUT2D eigenvalue weighted by molar-refractivity contribution is 7.98. The number of amides is 1. The van der Waals surface area contributed by atoms with Gasteiger partial charge in [-0.3, -0.25) is 14.3 Å². The fourth-order valence-corrected chi connectivity index (χ4v) is 5.37. The Kier molecular flexibility index (Phi) is 7.10. The minimum atomic E-state index is -0.0599. The number of aromatic nitrogens is 4. The molecule has 3 heterocycles. The van der Waals surface area contributed by atoms with E-state index in [2.05, 4.69) is 23.7 Å². The molecular formula is C24H25N5O2S2. The number of hydrogen-bond acceptors (Lipinski definition) is 7. The van der Waals surface area contributed by atoms with Gasteiger partial charge in [0.05, 0.1) is 23.2 Å². The summed E-state index contributed by atoms with van der Waals surface area (Å²) in [7, 11) is 0. The number of benzene rings is 1. The number of thioether (sulfide) groups is 1. The number of nitrogens with zero attached hydrogens (tertiary/aromatic N) is 5. The zero-order valence-electron chi connectivity index (χ0n) is 18.8. The molecule has 4 aromatic rings. The zero-order valence-corrected chi connectivity index (χ0v) is 20.4. The molecule has 1 aromatic carbocycles. The number of thiazole rings is 1. The van der Waals surface area contributed by atoms with Gasteiger partial charge >= 0.3 is 0 Å². The lowest BCUT2D eigenvalue weighted by Gasteiger charge is -2.20. The molecule has 4 rings (SSSR count). The maximum atomic E-state index is 12.5. The fourth-order valence-electron chi connectivity index (χ4n) is 3.54. The van der Waals surface area contributed by atoms with Crippen molar-refractivity contribution in [2.75, 3.05) is 4.90 Å². The molecule has 0 aliphatic carbocycles. The monoisotopic (exact) mass is 479 g/mol. The topological polar surface area (TPSA) is 77.1 Å². The van der Waals surface area contributed by atoms with Gasteiger partial charge in [-0.1, -0.05) is 43.0 Å². The molecule has 0 N–H and O–H groups in total. The first kappa shape index (κ1) is 23.0. The Labute approximate surface area is 201 Å². The summed E-state index contributed by atoms with van der Waals surface area (Å²) in [5.41, 5.74) is 3.79. The SMILES string of the molecule is C=CCn1c(SCc2csc(N(C(C)=O)c3ccccc3CC)n2)nnc1-c1ccoc1C. The maximum absolute atomic E-state index is 12.5. The van der Waals surface area contributed by atoms with Crippen LogP contribution < -0.4 is 4.90 Å². The zero-order chi connectivity index (χ0) is 23.4. The fraction of sp³-hybridized carbons (Fsp3) is 0.250. The highest BCUT2D eigenvalue weighted by atomic mass is 32.2. The van der Waals surface area contributed by atoms with Crippen molar-refractivity contribution in [1.82, 2.24) is 19.7 Å². The third kappa shape index (κ3) is 4.79. The van der Waals surface area contributed by atoms with Gasteiger partial charge < -0.3 is 4.42 Å². The Hall–Kier alpha value is -3.17. The number of hydrogen-bond donors (Lipinski definition) is 0. The summed E-state index contributed by atoms with van der Waals surface area (Å²) in [6.45, 7) is 10.0. The van der Waals surface area contributed by atoms with Crippen LogP contribution in [0.1, 0.15) is 30.9 Å². The lowest BCUT2D eigenvalue weighted by atomic mass is 10.1. The predicted molar refractivity (Wildman–Crippen MR) is 133 cm³/mol. The predicted octanol–water partition coefficient (Wildman–Crippen LogP) is 6.03. The molecule has 0 fully saturated rings. The molecule has 0 spiro atoms. The van der Waals surface area contributed by atoms with Crippen LogP contribution in [0.3, 0.4) is 0 Å². The molecular weight excluding hydrogens is 454 g/mol.